The Morgan fingerprint density at radius 3 is 2.47 bits per heavy atom. The Balaban J connectivity index is 2.14. The zero-order valence-electron chi connectivity index (χ0n) is 9.38. The molecule has 17 heavy (non-hydrogen) atoms. The maximum Gasteiger partial charge on any atom is 0.0812 e. The van der Waals surface area contributed by atoms with Gasteiger partial charge in [-0.2, -0.15) is 0 Å². The first kappa shape index (κ1) is 11.1. The Labute approximate surface area is 100 Å². The molecule has 1 aromatic carbocycles. The fourth-order valence-electron chi connectivity index (χ4n) is 1.31. The quantitative estimate of drug-likeness (QED) is 0.642. The number of nitrogen functional groups attached to an aromatic ring is 1. The van der Waals surface area contributed by atoms with Crippen LogP contribution in [-0.2, 0) is 0 Å². The first-order valence-electron chi connectivity index (χ1n) is 5.26. The van der Waals surface area contributed by atoms with Gasteiger partial charge in [-0.3, -0.25) is 9.98 Å². The molecular weight excluding hydrogens is 210 g/mol. The molecule has 0 aliphatic heterocycles. The van der Waals surface area contributed by atoms with Gasteiger partial charge in [0.2, 0.25) is 0 Å². The Morgan fingerprint density at radius 1 is 1.12 bits per heavy atom. The summed E-state index contributed by atoms with van der Waals surface area (Å²) in [5.74, 6) is 0. The molecule has 0 bridgehead atoms. The summed E-state index contributed by atoms with van der Waals surface area (Å²) < 4.78 is 0. The van der Waals surface area contributed by atoms with Crippen LogP contribution >= 0.6 is 0 Å². The highest BCUT2D eigenvalue weighted by atomic mass is 14.8. The number of anilines is 1. The molecule has 0 aliphatic carbocycles. The topological polar surface area (TPSA) is 51.3 Å². The van der Waals surface area contributed by atoms with Crippen molar-refractivity contribution in [1.82, 2.24) is 4.98 Å². The zero-order valence-corrected chi connectivity index (χ0v) is 9.38. The van der Waals surface area contributed by atoms with Gasteiger partial charge in [0.05, 0.1) is 17.6 Å². The first-order chi connectivity index (χ1) is 8.28. The Morgan fingerprint density at radius 2 is 1.88 bits per heavy atom. The van der Waals surface area contributed by atoms with E-state index in [-0.39, 0.29) is 0 Å². The van der Waals surface area contributed by atoms with Crippen LogP contribution in [-0.4, -0.2) is 11.2 Å². The van der Waals surface area contributed by atoms with Crippen molar-refractivity contribution >= 4 is 23.7 Å². The minimum Gasteiger partial charge on any atom is -0.399 e. The van der Waals surface area contributed by atoms with E-state index in [1.54, 1.807) is 18.5 Å². The van der Waals surface area contributed by atoms with Gasteiger partial charge in [-0.15, -0.1) is 0 Å². The molecule has 3 nitrogen and oxygen atoms in total. The molecule has 0 saturated heterocycles. The van der Waals surface area contributed by atoms with E-state index in [9.17, 15) is 0 Å². The molecule has 1 heterocycles. The van der Waals surface area contributed by atoms with Gasteiger partial charge in [0, 0.05) is 11.9 Å². The fraction of sp³-hybridized carbons (Fsp3) is 0. The Bertz CT molecular complexity index is 524. The van der Waals surface area contributed by atoms with Gasteiger partial charge >= 0.3 is 0 Å². The average Bonchev–Trinajstić information content (AvgIpc) is 2.39. The summed E-state index contributed by atoms with van der Waals surface area (Å²) in [6.45, 7) is 3.68. The lowest BCUT2D eigenvalue weighted by Crippen LogP contribution is -1.87. The molecule has 0 radical (unpaired) electrons. The van der Waals surface area contributed by atoms with E-state index < -0.39 is 0 Å². The lowest BCUT2D eigenvalue weighted by Gasteiger charge is -1.96. The van der Waals surface area contributed by atoms with Gasteiger partial charge < -0.3 is 5.73 Å². The summed E-state index contributed by atoms with van der Waals surface area (Å²) in [6.07, 6.45) is 5.24. The second kappa shape index (κ2) is 5.07. The normalized spacial score (nSPS) is 10.6. The molecule has 2 N–H and O–H groups in total. The van der Waals surface area contributed by atoms with Gasteiger partial charge in [-0.25, -0.2) is 0 Å². The van der Waals surface area contributed by atoms with Crippen molar-refractivity contribution in [3.05, 3.63) is 60.4 Å². The molecule has 0 atom stereocenters. The summed E-state index contributed by atoms with van der Waals surface area (Å²) in [5.41, 5.74) is 8.99. The first-order valence-corrected chi connectivity index (χ1v) is 5.26. The minimum atomic E-state index is 0.734. The molecule has 0 aliphatic rings. The van der Waals surface area contributed by atoms with Crippen LogP contribution in [0.5, 0.6) is 0 Å². The monoisotopic (exact) mass is 223 g/mol. The molecular formula is C14H13N3. The molecule has 3 heteroatoms. The second-order valence-corrected chi connectivity index (χ2v) is 3.57. The molecule has 2 rings (SSSR count). The number of aromatic nitrogens is 1. The summed E-state index contributed by atoms with van der Waals surface area (Å²) in [5, 5.41) is 0. The third-order valence-electron chi connectivity index (χ3n) is 2.28. The van der Waals surface area contributed by atoms with Crippen LogP contribution in [0.25, 0.3) is 6.08 Å². The average molecular weight is 223 g/mol. The number of pyridine rings is 1. The van der Waals surface area contributed by atoms with E-state index in [4.69, 9.17) is 5.73 Å². The predicted octanol–water partition coefficient (Wildman–Crippen LogP) is 3.06. The van der Waals surface area contributed by atoms with Gasteiger partial charge in [0.15, 0.2) is 0 Å². The smallest absolute Gasteiger partial charge is 0.0812 e. The van der Waals surface area contributed by atoms with Crippen molar-refractivity contribution < 1.29 is 0 Å². The van der Waals surface area contributed by atoms with Crippen LogP contribution in [0.3, 0.4) is 0 Å². The van der Waals surface area contributed by atoms with E-state index in [2.05, 4.69) is 16.6 Å². The molecule has 0 saturated carbocycles. The van der Waals surface area contributed by atoms with Gasteiger partial charge in [0.1, 0.15) is 0 Å². The van der Waals surface area contributed by atoms with Crippen molar-refractivity contribution in [3.63, 3.8) is 0 Å². The third kappa shape index (κ3) is 3.01. The number of hydrogen-bond acceptors (Lipinski definition) is 3. The van der Waals surface area contributed by atoms with E-state index in [1.807, 2.05) is 36.4 Å². The fourth-order valence-corrected chi connectivity index (χ4v) is 1.31. The van der Waals surface area contributed by atoms with Crippen molar-refractivity contribution in [1.29, 1.82) is 0 Å². The van der Waals surface area contributed by atoms with E-state index in [0.717, 1.165) is 22.6 Å². The molecule has 0 fully saturated rings. The SMILES string of the molecule is C=Cc1ccc(C=Nc2ccc(N)cc2)nc1. The van der Waals surface area contributed by atoms with Crippen LogP contribution in [0.15, 0.2) is 54.2 Å². The summed E-state index contributed by atoms with van der Waals surface area (Å²) >= 11 is 0. The van der Waals surface area contributed by atoms with Gasteiger partial charge in [0.25, 0.3) is 0 Å². The molecule has 0 unspecified atom stereocenters. The highest BCUT2D eigenvalue weighted by Gasteiger charge is 1.91. The number of aliphatic imine (C=N–C) groups is 1. The van der Waals surface area contributed by atoms with E-state index >= 15 is 0 Å². The van der Waals surface area contributed by atoms with Crippen LogP contribution in [0.2, 0.25) is 0 Å². The third-order valence-corrected chi connectivity index (χ3v) is 2.28. The molecule has 1 aromatic heterocycles. The maximum atomic E-state index is 5.59. The molecule has 2 aromatic rings. The van der Waals surface area contributed by atoms with Crippen molar-refractivity contribution in [2.45, 2.75) is 0 Å². The maximum absolute atomic E-state index is 5.59. The van der Waals surface area contributed by atoms with Crippen LogP contribution in [0, 0.1) is 0 Å². The van der Waals surface area contributed by atoms with Crippen molar-refractivity contribution in [2.75, 3.05) is 5.73 Å². The molecule has 0 amide bonds. The van der Waals surface area contributed by atoms with Crippen LogP contribution < -0.4 is 5.73 Å². The molecule has 84 valence electrons. The highest BCUT2D eigenvalue weighted by Crippen LogP contribution is 2.13. The summed E-state index contributed by atoms with van der Waals surface area (Å²) in [6, 6.07) is 11.2. The lowest BCUT2D eigenvalue weighted by molar-refractivity contribution is 1.29. The Hall–Kier alpha value is -2.42. The van der Waals surface area contributed by atoms with E-state index in [1.165, 1.54) is 0 Å². The van der Waals surface area contributed by atoms with Crippen LogP contribution in [0.4, 0.5) is 11.4 Å². The largest absolute Gasteiger partial charge is 0.399 e. The second-order valence-electron chi connectivity index (χ2n) is 3.57. The number of nitrogens with zero attached hydrogens (tertiary/aromatic N) is 2. The zero-order chi connectivity index (χ0) is 12.1. The highest BCUT2D eigenvalue weighted by molar-refractivity contribution is 5.79. The predicted molar refractivity (Wildman–Crippen MR) is 72.4 cm³/mol. The Kier molecular flexibility index (Phi) is 3.31. The minimum absolute atomic E-state index is 0.734. The lowest BCUT2D eigenvalue weighted by atomic mass is 10.2. The van der Waals surface area contributed by atoms with Crippen molar-refractivity contribution in [3.8, 4) is 0 Å². The van der Waals surface area contributed by atoms with Crippen molar-refractivity contribution in [2.24, 2.45) is 4.99 Å². The number of nitrogens with two attached hydrogens (primary N) is 1. The number of benzene rings is 1. The number of hydrogen-bond donors (Lipinski definition) is 1. The summed E-state index contributed by atoms with van der Waals surface area (Å²) in [7, 11) is 0. The number of rotatable bonds is 3. The van der Waals surface area contributed by atoms with E-state index in [0.29, 0.717) is 0 Å². The standard InChI is InChI=1S/C14H13N3/c1-2-11-3-6-14(16-9-11)10-17-13-7-4-12(15)5-8-13/h2-10H,1,15H2. The van der Waals surface area contributed by atoms with Gasteiger partial charge in [-0.05, 0) is 35.9 Å². The van der Waals surface area contributed by atoms with Gasteiger partial charge in [-0.1, -0.05) is 18.7 Å². The summed E-state index contributed by atoms with van der Waals surface area (Å²) in [4.78, 5) is 8.54. The molecule has 0 spiro atoms. The van der Waals surface area contributed by atoms with Crippen LogP contribution in [0.1, 0.15) is 11.3 Å².